The molecule has 0 saturated carbocycles. The summed E-state index contributed by atoms with van der Waals surface area (Å²) in [5.41, 5.74) is 5.47. The summed E-state index contributed by atoms with van der Waals surface area (Å²) in [5, 5.41) is 11.5. The normalized spacial score (nSPS) is 17.7. The Hall–Kier alpha value is -0.910. The molecular weight excluding hydrogens is 262 g/mol. The molecule has 0 aromatic carbocycles. The van der Waals surface area contributed by atoms with Crippen LogP contribution in [0, 0.1) is 5.92 Å². The third kappa shape index (κ3) is 5.72. The Balaban J connectivity index is 2.47. The highest BCUT2D eigenvalue weighted by Gasteiger charge is 2.22. The van der Waals surface area contributed by atoms with E-state index in [0.29, 0.717) is 25.3 Å². The van der Waals surface area contributed by atoms with Crippen LogP contribution in [0.15, 0.2) is 5.16 Å². The van der Waals surface area contributed by atoms with E-state index in [9.17, 15) is 4.79 Å². The van der Waals surface area contributed by atoms with Gasteiger partial charge in [-0.3, -0.25) is 4.79 Å². The summed E-state index contributed by atoms with van der Waals surface area (Å²) in [6.07, 6.45) is 3.33. The van der Waals surface area contributed by atoms with E-state index in [1.165, 1.54) is 11.5 Å². The Kier molecular flexibility index (Phi) is 7.05. The number of rotatable bonds is 6. The SMILES string of the molecule is CC(C)N(CCC(N)=NO)C(=O)CC1CCSCC1. The molecule has 1 rings (SSSR count). The fraction of sp³-hybridized carbons (Fsp3) is 0.846. The first kappa shape index (κ1) is 16.1. The third-order valence-electron chi connectivity index (χ3n) is 3.49. The smallest absolute Gasteiger partial charge is 0.223 e. The number of amidine groups is 1. The van der Waals surface area contributed by atoms with Crippen molar-refractivity contribution in [3.8, 4) is 0 Å². The molecule has 0 aromatic heterocycles. The van der Waals surface area contributed by atoms with Gasteiger partial charge in [0.05, 0.1) is 0 Å². The lowest BCUT2D eigenvalue weighted by Crippen LogP contribution is -2.40. The number of carbonyl (C=O) groups is 1. The van der Waals surface area contributed by atoms with Gasteiger partial charge in [-0.15, -0.1) is 0 Å². The molecule has 0 aromatic rings. The van der Waals surface area contributed by atoms with Crippen molar-refractivity contribution < 1.29 is 10.0 Å². The quantitative estimate of drug-likeness (QED) is 0.338. The number of nitrogens with two attached hydrogens (primary N) is 1. The zero-order chi connectivity index (χ0) is 14.3. The van der Waals surface area contributed by atoms with Gasteiger partial charge in [0, 0.05) is 25.4 Å². The van der Waals surface area contributed by atoms with Crippen molar-refractivity contribution in [1.82, 2.24) is 4.90 Å². The summed E-state index contributed by atoms with van der Waals surface area (Å²) < 4.78 is 0. The second kappa shape index (κ2) is 8.30. The highest BCUT2D eigenvalue weighted by molar-refractivity contribution is 7.99. The van der Waals surface area contributed by atoms with Crippen LogP contribution in [0.5, 0.6) is 0 Å². The van der Waals surface area contributed by atoms with Gasteiger partial charge in [0.15, 0.2) is 0 Å². The van der Waals surface area contributed by atoms with Crippen molar-refractivity contribution in [3.63, 3.8) is 0 Å². The predicted octanol–water partition coefficient (Wildman–Crippen LogP) is 1.89. The summed E-state index contributed by atoms with van der Waals surface area (Å²) >= 11 is 1.97. The molecule has 1 heterocycles. The minimum absolute atomic E-state index is 0.150. The van der Waals surface area contributed by atoms with E-state index >= 15 is 0 Å². The van der Waals surface area contributed by atoms with Crippen LogP contribution in [0.25, 0.3) is 0 Å². The largest absolute Gasteiger partial charge is 0.409 e. The molecule has 1 aliphatic rings. The van der Waals surface area contributed by atoms with Gasteiger partial charge in [0.2, 0.25) is 5.91 Å². The fourth-order valence-electron chi connectivity index (χ4n) is 2.27. The monoisotopic (exact) mass is 287 g/mol. The molecule has 5 nitrogen and oxygen atoms in total. The number of hydrogen-bond donors (Lipinski definition) is 2. The topological polar surface area (TPSA) is 78.9 Å². The first-order valence-corrected chi connectivity index (χ1v) is 8.03. The van der Waals surface area contributed by atoms with Crippen LogP contribution in [0.3, 0.4) is 0 Å². The Labute approximate surface area is 119 Å². The van der Waals surface area contributed by atoms with Gasteiger partial charge in [-0.2, -0.15) is 11.8 Å². The van der Waals surface area contributed by atoms with Crippen molar-refractivity contribution >= 4 is 23.5 Å². The van der Waals surface area contributed by atoms with Crippen LogP contribution in [0.4, 0.5) is 0 Å². The van der Waals surface area contributed by atoms with Gasteiger partial charge in [-0.05, 0) is 44.1 Å². The third-order valence-corrected chi connectivity index (χ3v) is 4.53. The summed E-state index contributed by atoms with van der Waals surface area (Å²) in [7, 11) is 0. The van der Waals surface area contributed by atoms with E-state index in [0.717, 1.165) is 12.8 Å². The van der Waals surface area contributed by atoms with Crippen molar-refractivity contribution in [2.75, 3.05) is 18.1 Å². The van der Waals surface area contributed by atoms with Crippen molar-refractivity contribution in [2.45, 2.75) is 45.6 Å². The van der Waals surface area contributed by atoms with Crippen LogP contribution in [-0.2, 0) is 4.79 Å². The average Bonchev–Trinajstić information content (AvgIpc) is 2.39. The molecule has 0 radical (unpaired) electrons. The molecule has 110 valence electrons. The molecule has 0 atom stereocenters. The molecule has 0 unspecified atom stereocenters. The van der Waals surface area contributed by atoms with Crippen LogP contribution in [0.2, 0.25) is 0 Å². The Morgan fingerprint density at radius 3 is 2.63 bits per heavy atom. The highest BCUT2D eigenvalue weighted by Crippen LogP contribution is 2.26. The number of oxime groups is 1. The predicted molar refractivity (Wildman–Crippen MR) is 79.5 cm³/mol. The lowest BCUT2D eigenvalue weighted by atomic mass is 9.98. The van der Waals surface area contributed by atoms with E-state index < -0.39 is 0 Å². The van der Waals surface area contributed by atoms with Gasteiger partial charge < -0.3 is 15.8 Å². The zero-order valence-corrected chi connectivity index (χ0v) is 12.7. The molecule has 0 aliphatic carbocycles. The average molecular weight is 287 g/mol. The zero-order valence-electron chi connectivity index (χ0n) is 11.8. The number of amides is 1. The fourth-order valence-corrected chi connectivity index (χ4v) is 3.47. The maximum atomic E-state index is 12.3. The minimum Gasteiger partial charge on any atom is -0.409 e. The number of hydrogen-bond acceptors (Lipinski definition) is 4. The van der Waals surface area contributed by atoms with Crippen molar-refractivity contribution in [2.24, 2.45) is 16.8 Å². The van der Waals surface area contributed by atoms with Crippen molar-refractivity contribution in [3.05, 3.63) is 0 Å². The molecule has 1 saturated heterocycles. The number of nitrogens with zero attached hydrogens (tertiary/aromatic N) is 2. The maximum absolute atomic E-state index is 12.3. The molecule has 3 N–H and O–H groups in total. The van der Waals surface area contributed by atoms with Crippen LogP contribution >= 0.6 is 11.8 Å². The van der Waals surface area contributed by atoms with Gasteiger partial charge >= 0.3 is 0 Å². The second-order valence-corrected chi connectivity index (χ2v) is 6.51. The van der Waals surface area contributed by atoms with Crippen LogP contribution in [-0.4, -0.2) is 45.9 Å². The molecule has 1 amide bonds. The standard InChI is InChI=1S/C13H25N3O2S/c1-10(2)16(6-3-12(14)15-18)13(17)9-11-4-7-19-8-5-11/h10-11,18H,3-9H2,1-2H3,(H2,14,15). The van der Waals surface area contributed by atoms with Crippen molar-refractivity contribution in [1.29, 1.82) is 0 Å². The summed E-state index contributed by atoms with van der Waals surface area (Å²) in [6.45, 7) is 4.52. The van der Waals surface area contributed by atoms with Crippen LogP contribution in [0.1, 0.15) is 39.5 Å². The van der Waals surface area contributed by atoms with Gasteiger partial charge in [-0.25, -0.2) is 0 Å². The summed E-state index contributed by atoms with van der Waals surface area (Å²) in [5.74, 6) is 3.23. The number of carbonyl (C=O) groups excluding carboxylic acids is 1. The molecule has 0 bridgehead atoms. The molecular formula is C13H25N3O2S. The van der Waals surface area contributed by atoms with E-state index in [4.69, 9.17) is 10.9 Å². The molecule has 1 fully saturated rings. The maximum Gasteiger partial charge on any atom is 0.223 e. The molecule has 6 heteroatoms. The van der Waals surface area contributed by atoms with E-state index in [2.05, 4.69) is 5.16 Å². The summed E-state index contributed by atoms with van der Waals surface area (Å²) in [4.78, 5) is 14.2. The van der Waals surface area contributed by atoms with E-state index in [-0.39, 0.29) is 17.8 Å². The Bertz CT molecular complexity index is 315. The van der Waals surface area contributed by atoms with E-state index in [1.807, 2.05) is 30.5 Å². The van der Waals surface area contributed by atoms with Gasteiger partial charge in [0.1, 0.15) is 5.84 Å². The Morgan fingerprint density at radius 1 is 1.47 bits per heavy atom. The first-order chi connectivity index (χ1) is 9.04. The summed E-state index contributed by atoms with van der Waals surface area (Å²) in [6, 6.07) is 0.150. The lowest BCUT2D eigenvalue weighted by molar-refractivity contribution is -0.133. The Morgan fingerprint density at radius 2 is 2.11 bits per heavy atom. The second-order valence-electron chi connectivity index (χ2n) is 5.28. The van der Waals surface area contributed by atoms with Crippen LogP contribution < -0.4 is 5.73 Å². The number of thioether (sulfide) groups is 1. The van der Waals surface area contributed by atoms with Gasteiger partial charge in [0.25, 0.3) is 0 Å². The molecule has 0 spiro atoms. The highest BCUT2D eigenvalue weighted by atomic mass is 32.2. The van der Waals surface area contributed by atoms with E-state index in [1.54, 1.807) is 0 Å². The minimum atomic E-state index is 0.150. The lowest BCUT2D eigenvalue weighted by Gasteiger charge is -2.29. The molecule has 1 aliphatic heterocycles. The molecule has 19 heavy (non-hydrogen) atoms. The first-order valence-electron chi connectivity index (χ1n) is 6.88. The van der Waals surface area contributed by atoms with Gasteiger partial charge in [-0.1, -0.05) is 5.16 Å².